The smallest absolute Gasteiger partial charge is 0.310 e. The first-order chi connectivity index (χ1) is 9.78. The summed E-state index contributed by atoms with van der Waals surface area (Å²) in [6.07, 6.45) is 2.40. The molecule has 1 aliphatic rings. The van der Waals surface area contributed by atoms with Crippen molar-refractivity contribution in [1.29, 1.82) is 0 Å². The summed E-state index contributed by atoms with van der Waals surface area (Å²) in [6.45, 7) is 5.56. The Labute approximate surface area is 141 Å². The lowest BCUT2D eigenvalue weighted by atomic mass is 9.88. The second-order valence-electron chi connectivity index (χ2n) is 6.55. The number of hydrogen-bond acceptors (Lipinski definition) is 3. The molecular weight excluding hydrogens is 344 g/mol. The summed E-state index contributed by atoms with van der Waals surface area (Å²) in [4.78, 5) is 24.9. The molecule has 0 N–H and O–H groups in total. The van der Waals surface area contributed by atoms with Crippen molar-refractivity contribution >= 4 is 27.7 Å². The highest BCUT2D eigenvalue weighted by atomic mass is 79.9. The lowest BCUT2D eigenvalue weighted by molar-refractivity contribution is -0.160. The molecular formula is C18H25BrO3. The third-order valence-electron chi connectivity index (χ3n) is 3.69. The number of esters is 1. The molecule has 2 rings (SSSR count). The normalized spacial score (nSPS) is 21.1. The highest BCUT2D eigenvalue weighted by molar-refractivity contribution is 9.10. The van der Waals surface area contributed by atoms with Crippen molar-refractivity contribution in [2.45, 2.75) is 53.1 Å². The molecule has 1 saturated carbocycles. The minimum Gasteiger partial charge on any atom is -0.460 e. The zero-order valence-corrected chi connectivity index (χ0v) is 14.3. The predicted molar refractivity (Wildman–Crippen MR) is 91.9 cm³/mol. The number of ketones is 1. The van der Waals surface area contributed by atoms with Gasteiger partial charge in [0.1, 0.15) is 5.60 Å². The van der Waals surface area contributed by atoms with Gasteiger partial charge in [0.2, 0.25) is 0 Å². The fourth-order valence-corrected chi connectivity index (χ4v) is 3.03. The van der Waals surface area contributed by atoms with E-state index in [1.807, 2.05) is 32.9 Å². The number of benzene rings is 1. The van der Waals surface area contributed by atoms with Crippen LogP contribution in [0.3, 0.4) is 0 Å². The molecule has 0 unspecified atom stereocenters. The van der Waals surface area contributed by atoms with Crippen LogP contribution in [0.2, 0.25) is 0 Å². The van der Waals surface area contributed by atoms with Crippen LogP contribution < -0.4 is 0 Å². The Morgan fingerprint density at radius 2 is 1.64 bits per heavy atom. The molecule has 1 aromatic rings. The van der Waals surface area contributed by atoms with Crippen LogP contribution in [0.4, 0.5) is 0 Å². The van der Waals surface area contributed by atoms with Gasteiger partial charge in [0.05, 0.1) is 5.92 Å². The van der Waals surface area contributed by atoms with E-state index in [9.17, 15) is 9.59 Å². The molecule has 0 heterocycles. The van der Waals surface area contributed by atoms with Gasteiger partial charge in [-0.1, -0.05) is 41.9 Å². The Hall–Kier alpha value is -1.16. The average Bonchev–Trinajstić information content (AvgIpc) is 2.86. The molecule has 1 aliphatic carbocycles. The van der Waals surface area contributed by atoms with E-state index < -0.39 is 5.60 Å². The maximum absolute atomic E-state index is 12.6. The highest BCUT2D eigenvalue weighted by Gasteiger charge is 2.40. The molecule has 3 nitrogen and oxygen atoms in total. The summed E-state index contributed by atoms with van der Waals surface area (Å²) in [7, 11) is 0. The summed E-state index contributed by atoms with van der Waals surface area (Å²) >= 11 is 3.36. The van der Waals surface area contributed by atoms with Crippen molar-refractivity contribution in [3.05, 3.63) is 34.3 Å². The fraction of sp³-hybridized carbons (Fsp3) is 0.556. The molecule has 22 heavy (non-hydrogen) atoms. The van der Waals surface area contributed by atoms with Gasteiger partial charge in [-0.25, -0.2) is 0 Å². The Morgan fingerprint density at radius 3 is 2.18 bits per heavy atom. The van der Waals surface area contributed by atoms with E-state index in [1.54, 1.807) is 12.1 Å². The first-order valence-corrected chi connectivity index (χ1v) is 8.10. The Kier molecular flexibility index (Phi) is 6.36. The van der Waals surface area contributed by atoms with E-state index in [-0.39, 0.29) is 31.0 Å². The molecule has 1 aromatic carbocycles. The molecule has 0 aliphatic heterocycles. The Morgan fingerprint density at radius 1 is 1.09 bits per heavy atom. The molecule has 122 valence electrons. The van der Waals surface area contributed by atoms with Gasteiger partial charge in [0, 0.05) is 16.0 Å². The van der Waals surface area contributed by atoms with Gasteiger partial charge in [-0.3, -0.25) is 9.59 Å². The average molecular weight is 369 g/mol. The Bertz CT molecular complexity index is 528. The summed E-state index contributed by atoms with van der Waals surface area (Å²) in [5, 5.41) is 0. The highest BCUT2D eigenvalue weighted by Crippen LogP contribution is 2.36. The van der Waals surface area contributed by atoms with Crippen LogP contribution in [-0.2, 0) is 9.53 Å². The fourth-order valence-electron chi connectivity index (χ4n) is 2.76. The number of Topliss-reactive ketones (excluding diaryl/α,β-unsaturated/α-hetero) is 1. The van der Waals surface area contributed by atoms with Gasteiger partial charge in [0.25, 0.3) is 0 Å². The molecule has 4 heteroatoms. The number of ether oxygens (including phenoxy) is 1. The number of halogens is 1. The maximum Gasteiger partial charge on any atom is 0.310 e. The summed E-state index contributed by atoms with van der Waals surface area (Å²) in [5.41, 5.74) is 0.156. The number of carbonyl (C=O) groups is 2. The van der Waals surface area contributed by atoms with Crippen LogP contribution in [0.25, 0.3) is 0 Å². The third kappa shape index (κ3) is 4.67. The minimum absolute atomic E-state index is 0. The van der Waals surface area contributed by atoms with Crippen LogP contribution >= 0.6 is 15.9 Å². The van der Waals surface area contributed by atoms with Crippen LogP contribution in [-0.4, -0.2) is 17.4 Å². The van der Waals surface area contributed by atoms with Gasteiger partial charge in [0.15, 0.2) is 5.78 Å². The number of carbonyl (C=O) groups excluding carboxylic acids is 2. The minimum atomic E-state index is -0.509. The zero-order valence-electron chi connectivity index (χ0n) is 12.7. The molecule has 0 radical (unpaired) electrons. The van der Waals surface area contributed by atoms with Gasteiger partial charge in [-0.05, 0) is 45.7 Å². The first-order valence-electron chi connectivity index (χ1n) is 7.30. The maximum atomic E-state index is 12.6. The van der Waals surface area contributed by atoms with Crippen molar-refractivity contribution in [3.63, 3.8) is 0 Å². The third-order valence-corrected chi connectivity index (χ3v) is 4.22. The topological polar surface area (TPSA) is 43.4 Å². The standard InChI is InChI=1S/C17H21BrO3.CH4/c1-17(2,3)21-16(20)14-6-4-5-13(14)15(19)11-7-9-12(18)10-8-11;/h7-10,13-14H,4-6H2,1-3H3;1H4/t13-,14-;/m1./s1. The summed E-state index contributed by atoms with van der Waals surface area (Å²) in [5.74, 6) is -0.743. The van der Waals surface area contributed by atoms with Crippen molar-refractivity contribution in [1.82, 2.24) is 0 Å². The lowest BCUT2D eigenvalue weighted by Gasteiger charge is -2.24. The number of hydrogen-bond donors (Lipinski definition) is 0. The molecule has 0 spiro atoms. The van der Waals surface area contributed by atoms with Gasteiger partial charge >= 0.3 is 5.97 Å². The quantitative estimate of drug-likeness (QED) is 0.555. The largest absolute Gasteiger partial charge is 0.460 e. The monoisotopic (exact) mass is 368 g/mol. The zero-order chi connectivity index (χ0) is 15.6. The van der Waals surface area contributed by atoms with Crippen molar-refractivity contribution in [2.24, 2.45) is 11.8 Å². The van der Waals surface area contributed by atoms with E-state index in [0.717, 1.165) is 23.7 Å². The van der Waals surface area contributed by atoms with Crippen molar-refractivity contribution in [2.75, 3.05) is 0 Å². The van der Waals surface area contributed by atoms with E-state index in [0.29, 0.717) is 5.56 Å². The summed E-state index contributed by atoms with van der Waals surface area (Å²) < 4.78 is 6.40. The molecule has 0 aromatic heterocycles. The van der Waals surface area contributed by atoms with E-state index in [2.05, 4.69) is 15.9 Å². The van der Waals surface area contributed by atoms with E-state index in [4.69, 9.17) is 4.74 Å². The molecule has 0 saturated heterocycles. The van der Waals surface area contributed by atoms with Crippen LogP contribution in [0.5, 0.6) is 0 Å². The molecule has 0 amide bonds. The van der Waals surface area contributed by atoms with Crippen LogP contribution in [0.15, 0.2) is 28.7 Å². The molecule has 2 atom stereocenters. The molecule has 0 bridgehead atoms. The Balaban J connectivity index is 0.00000242. The van der Waals surface area contributed by atoms with Gasteiger partial charge in [-0.15, -0.1) is 0 Å². The van der Waals surface area contributed by atoms with Crippen molar-refractivity contribution in [3.8, 4) is 0 Å². The van der Waals surface area contributed by atoms with Crippen LogP contribution in [0, 0.1) is 11.8 Å². The van der Waals surface area contributed by atoms with Crippen molar-refractivity contribution < 1.29 is 14.3 Å². The van der Waals surface area contributed by atoms with Gasteiger partial charge in [-0.2, -0.15) is 0 Å². The van der Waals surface area contributed by atoms with Crippen LogP contribution in [0.1, 0.15) is 57.8 Å². The summed E-state index contributed by atoms with van der Waals surface area (Å²) in [6, 6.07) is 7.31. The molecule has 1 fully saturated rings. The lowest BCUT2D eigenvalue weighted by Crippen LogP contribution is -2.32. The second kappa shape index (κ2) is 7.40. The van der Waals surface area contributed by atoms with E-state index in [1.165, 1.54) is 0 Å². The second-order valence-corrected chi connectivity index (χ2v) is 7.46. The SMILES string of the molecule is C.CC(C)(C)OC(=O)[C@@H]1CCC[C@H]1C(=O)c1ccc(Br)cc1. The number of rotatable bonds is 3. The first kappa shape index (κ1) is 18.9. The predicted octanol–water partition coefficient (Wildman–Crippen LogP) is 5.03. The van der Waals surface area contributed by atoms with E-state index >= 15 is 0 Å². The van der Waals surface area contributed by atoms with Gasteiger partial charge < -0.3 is 4.74 Å².